The molecule has 1 atom stereocenters. The highest BCUT2D eigenvalue weighted by atomic mass is 32.1. The fourth-order valence-electron chi connectivity index (χ4n) is 3.53. The van der Waals surface area contributed by atoms with E-state index in [1.54, 1.807) is 11.3 Å². The number of ether oxygens (including phenoxy) is 1. The number of hydrogen-bond donors (Lipinski definition) is 1. The first-order valence-corrected chi connectivity index (χ1v) is 11.0. The number of nitrogens with one attached hydrogen (secondary N) is 1. The van der Waals surface area contributed by atoms with E-state index in [2.05, 4.69) is 41.6 Å². The Kier molecular flexibility index (Phi) is 7.48. The van der Waals surface area contributed by atoms with Gasteiger partial charge in [0.05, 0.1) is 0 Å². The summed E-state index contributed by atoms with van der Waals surface area (Å²) in [5.74, 6) is 0.995. The molecule has 5 nitrogen and oxygen atoms in total. The lowest BCUT2D eigenvalue weighted by Gasteiger charge is -2.25. The number of benzene rings is 1. The second-order valence-electron chi connectivity index (χ2n) is 7.44. The molecule has 1 aromatic heterocycles. The van der Waals surface area contributed by atoms with Crippen molar-refractivity contribution in [1.82, 2.24) is 10.2 Å². The maximum absolute atomic E-state index is 12.7. The summed E-state index contributed by atoms with van der Waals surface area (Å²) in [5, 5.41) is 5.28. The molecule has 1 amide bonds. The van der Waals surface area contributed by atoms with Crippen LogP contribution in [0.2, 0.25) is 0 Å². The fraction of sp³-hybridized carbons (Fsp3) is 0.500. The van der Waals surface area contributed by atoms with Gasteiger partial charge in [0.1, 0.15) is 11.9 Å². The van der Waals surface area contributed by atoms with Crippen molar-refractivity contribution in [2.45, 2.75) is 38.8 Å². The molecular formula is C22H31N3O2S. The Labute approximate surface area is 172 Å². The molecular weight excluding hydrogens is 370 g/mol. The van der Waals surface area contributed by atoms with Crippen LogP contribution in [-0.2, 0) is 4.79 Å². The Morgan fingerprint density at radius 2 is 2.04 bits per heavy atom. The molecule has 0 saturated carbocycles. The minimum Gasteiger partial charge on any atom is -0.485 e. The number of nitrogens with zero attached hydrogens (tertiary/aromatic N) is 2. The first-order chi connectivity index (χ1) is 13.6. The highest BCUT2D eigenvalue weighted by Gasteiger charge is 2.24. The SMILES string of the molecule is CNCCC(Oc1cccc(N2CCN(C(C)C)CCC2=O)c1)c1cccs1. The van der Waals surface area contributed by atoms with Gasteiger partial charge in [-0.3, -0.25) is 9.69 Å². The molecule has 1 aliphatic rings. The number of hydrogen-bond acceptors (Lipinski definition) is 5. The average molecular weight is 402 g/mol. The molecule has 1 N–H and O–H groups in total. The van der Waals surface area contributed by atoms with Gasteiger partial charge in [-0.1, -0.05) is 12.1 Å². The quantitative estimate of drug-likeness (QED) is 0.728. The number of anilines is 1. The summed E-state index contributed by atoms with van der Waals surface area (Å²) in [6.07, 6.45) is 1.47. The third kappa shape index (κ3) is 5.34. The molecule has 0 radical (unpaired) electrons. The number of amides is 1. The zero-order valence-electron chi connectivity index (χ0n) is 17.1. The molecule has 0 aliphatic carbocycles. The van der Waals surface area contributed by atoms with Crippen LogP contribution in [0.25, 0.3) is 0 Å². The van der Waals surface area contributed by atoms with Crippen LogP contribution < -0.4 is 15.0 Å². The van der Waals surface area contributed by atoms with E-state index in [0.717, 1.165) is 37.5 Å². The Bertz CT molecular complexity index is 748. The summed E-state index contributed by atoms with van der Waals surface area (Å²) in [6, 6.07) is 12.6. The summed E-state index contributed by atoms with van der Waals surface area (Å²) in [4.78, 5) is 18.2. The summed E-state index contributed by atoms with van der Waals surface area (Å²) in [6.45, 7) is 7.70. The van der Waals surface area contributed by atoms with Crippen molar-refractivity contribution in [2.24, 2.45) is 0 Å². The van der Waals surface area contributed by atoms with Crippen LogP contribution in [0.4, 0.5) is 5.69 Å². The Balaban J connectivity index is 1.74. The number of rotatable bonds is 8. The lowest BCUT2D eigenvalue weighted by atomic mass is 10.2. The monoisotopic (exact) mass is 401 g/mol. The standard InChI is InChI=1S/C22H31N3O2S/c1-17(2)24-12-10-22(26)25(14-13-24)18-6-4-7-19(16-18)27-20(9-11-23-3)21-8-5-15-28-21/h4-8,15-17,20,23H,9-14H2,1-3H3. The lowest BCUT2D eigenvalue weighted by Crippen LogP contribution is -2.35. The van der Waals surface area contributed by atoms with Gasteiger partial charge in [-0.25, -0.2) is 0 Å². The zero-order valence-corrected chi connectivity index (χ0v) is 17.9. The van der Waals surface area contributed by atoms with E-state index in [4.69, 9.17) is 4.74 Å². The van der Waals surface area contributed by atoms with Crippen LogP contribution in [0.15, 0.2) is 41.8 Å². The fourth-order valence-corrected chi connectivity index (χ4v) is 4.32. The lowest BCUT2D eigenvalue weighted by molar-refractivity contribution is -0.118. The normalized spacial score (nSPS) is 17.0. The van der Waals surface area contributed by atoms with Crippen LogP contribution in [0.1, 0.15) is 37.7 Å². The minimum absolute atomic E-state index is 0.0129. The van der Waals surface area contributed by atoms with Gasteiger partial charge in [0, 0.05) is 55.1 Å². The van der Waals surface area contributed by atoms with Crippen molar-refractivity contribution in [3.63, 3.8) is 0 Å². The van der Waals surface area contributed by atoms with Crippen LogP contribution in [0.5, 0.6) is 5.75 Å². The molecule has 1 aromatic carbocycles. The van der Waals surface area contributed by atoms with Crippen molar-refractivity contribution in [2.75, 3.05) is 38.1 Å². The predicted molar refractivity (Wildman–Crippen MR) is 116 cm³/mol. The molecule has 0 spiro atoms. The van der Waals surface area contributed by atoms with Crippen LogP contribution in [0, 0.1) is 0 Å². The topological polar surface area (TPSA) is 44.8 Å². The molecule has 28 heavy (non-hydrogen) atoms. The summed E-state index contributed by atoms with van der Waals surface area (Å²) in [5.41, 5.74) is 0.923. The smallest absolute Gasteiger partial charge is 0.228 e. The molecule has 6 heteroatoms. The Morgan fingerprint density at radius 3 is 2.75 bits per heavy atom. The van der Waals surface area contributed by atoms with E-state index >= 15 is 0 Å². The molecule has 0 bridgehead atoms. The van der Waals surface area contributed by atoms with Gasteiger partial charge < -0.3 is 15.0 Å². The van der Waals surface area contributed by atoms with E-state index < -0.39 is 0 Å². The van der Waals surface area contributed by atoms with Crippen molar-refractivity contribution in [3.8, 4) is 5.75 Å². The van der Waals surface area contributed by atoms with Crippen molar-refractivity contribution >= 4 is 22.9 Å². The second kappa shape index (κ2) is 10.0. The van der Waals surface area contributed by atoms with Gasteiger partial charge in [-0.2, -0.15) is 0 Å². The maximum Gasteiger partial charge on any atom is 0.228 e. The summed E-state index contributed by atoms with van der Waals surface area (Å²) < 4.78 is 6.34. The van der Waals surface area contributed by atoms with E-state index in [9.17, 15) is 4.79 Å². The largest absolute Gasteiger partial charge is 0.485 e. The molecule has 1 aliphatic heterocycles. The van der Waals surface area contributed by atoms with Crippen molar-refractivity contribution in [1.29, 1.82) is 0 Å². The molecule has 2 aromatic rings. The highest BCUT2D eigenvalue weighted by molar-refractivity contribution is 7.10. The Morgan fingerprint density at radius 1 is 1.18 bits per heavy atom. The highest BCUT2D eigenvalue weighted by Crippen LogP contribution is 2.30. The van der Waals surface area contributed by atoms with Gasteiger partial charge >= 0.3 is 0 Å². The van der Waals surface area contributed by atoms with Gasteiger partial charge in [0.2, 0.25) is 5.91 Å². The number of thiophene rings is 1. The third-order valence-electron chi connectivity index (χ3n) is 5.18. The first kappa shape index (κ1) is 20.8. The number of carbonyl (C=O) groups excluding carboxylic acids is 1. The average Bonchev–Trinajstić information content (AvgIpc) is 3.15. The van der Waals surface area contributed by atoms with Gasteiger partial charge in [0.15, 0.2) is 0 Å². The van der Waals surface area contributed by atoms with E-state index in [-0.39, 0.29) is 12.0 Å². The molecule has 1 saturated heterocycles. The van der Waals surface area contributed by atoms with E-state index in [1.165, 1.54) is 4.88 Å². The summed E-state index contributed by atoms with van der Waals surface area (Å²) in [7, 11) is 1.96. The second-order valence-corrected chi connectivity index (χ2v) is 8.42. The maximum atomic E-state index is 12.7. The van der Waals surface area contributed by atoms with Crippen molar-refractivity contribution < 1.29 is 9.53 Å². The minimum atomic E-state index is 0.0129. The van der Waals surface area contributed by atoms with Crippen molar-refractivity contribution in [3.05, 3.63) is 46.7 Å². The van der Waals surface area contributed by atoms with Gasteiger partial charge in [-0.05, 0) is 51.0 Å². The molecule has 1 fully saturated rings. The van der Waals surface area contributed by atoms with Crippen LogP contribution >= 0.6 is 11.3 Å². The first-order valence-electron chi connectivity index (χ1n) is 10.1. The van der Waals surface area contributed by atoms with E-state index in [0.29, 0.717) is 19.0 Å². The van der Waals surface area contributed by atoms with Gasteiger partial charge in [0.25, 0.3) is 0 Å². The Hall–Kier alpha value is -1.89. The number of carbonyl (C=O) groups is 1. The van der Waals surface area contributed by atoms with Gasteiger partial charge in [-0.15, -0.1) is 11.3 Å². The van der Waals surface area contributed by atoms with Crippen LogP contribution in [-0.4, -0.2) is 50.1 Å². The zero-order chi connectivity index (χ0) is 19.9. The molecule has 2 heterocycles. The third-order valence-corrected chi connectivity index (χ3v) is 6.14. The summed E-state index contributed by atoms with van der Waals surface area (Å²) >= 11 is 1.72. The molecule has 152 valence electrons. The van der Waals surface area contributed by atoms with Crippen LogP contribution in [0.3, 0.4) is 0 Å². The molecule has 1 unspecified atom stereocenters. The molecule has 3 rings (SSSR count). The van der Waals surface area contributed by atoms with E-state index in [1.807, 2.05) is 36.2 Å². The predicted octanol–water partition coefficient (Wildman–Crippen LogP) is 3.92.